The summed E-state index contributed by atoms with van der Waals surface area (Å²) in [6, 6.07) is 19.0. The molecule has 1 heterocycles. The molecular weight excluding hydrogens is 390 g/mol. The molecule has 0 aliphatic rings. The van der Waals surface area contributed by atoms with Crippen molar-refractivity contribution in [1.82, 2.24) is 10.2 Å². The first-order valence-corrected chi connectivity index (χ1v) is 9.92. The molecule has 0 atom stereocenters. The molecular formula is C25H23N3O3. The van der Waals surface area contributed by atoms with Gasteiger partial charge in [-0.15, -0.1) is 10.2 Å². The van der Waals surface area contributed by atoms with Gasteiger partial charge in [-0.1, -0.05) is 18.2 Å². The first-order valence-electron chi connectivity index (χ1n) is 9.92. The molecule has 1 amide bonds. The van der Waals surface area contributed by atoms with Crippen LogP contribution in [0.5, 0.6) is 5.75 Å². The molecule has 6 nitrogen and oxygen atoms in total. The Kier molecular flexibility index (Phi) is 5.54. The zero-order chi connectivity index (χ0) is 22.0. The molecule has 1 aromatic heterocycles. The van der Waals surface area contributed by atoms with Crippen molar-refractivity contribution in [3.05, 3.63) is 83.2 Å². The molecule has 0 aliphatic heterocycles. The van der Waals surface area contributed by atoms with Crippen LogP contribution in [0.3, 0.4) is 0 Å². The highest BCUT2D eigenvalue weighted by Crippen LogP contribution is 2.31. The van der Waals surface area contributed by atoms with Crippen molar-refractivity contribution < 1.29 is 13.9 Å². The number of nitrogens with zero attached hydrogens (tertiary/aromatic N) is 2. The van der Waals surface area contributed by atoms with Crippen molar-refractivity contribution in [1.29, 1.82) is 0 Å². The Bertz CT molecular complexity index is 1260. The zero-order valence-electron chi connectivity index (χ0n) is 17.9. The van der Waals surface area contributed by atoms with Crippen LogP contribution in [0.25, 0.3) is 22.6 Å². The second-order valence-electron chi connectivity index (χ2n) is 7.37. The second kappa shape index (κ2) is 8.44. The van der Waals surface area contributed by atoms with E-state index in [1.54, 1.807) is 20.1 Å². The van der Waals surface area contributed by atoms with E-state index in [-0.39, 0.29) is 5.91 Å². The number of carbonyl (C=O) groups excluding carboxylic acids is 1. The normalized spacial score (nSPS) is 10.7. The van der Waals surface area contributed by atoms with E-state index >= 15 is 0 Å². The summed E-state index contributed by atoms with van der Waals surface area (Å²) in [7, 11) is 1.60. The molecule has 0 aliphatic carbocycles. The smallest absolute Gasteiger partial charge is 0.255 e. The minimum absolute atomic E-state index is 0.176. The molecule has 31 heavy (non-hydrogen) atoms. The second-order valence-corrected chi connectivity index (χ2v) is 7.37. The summed E-state index contributed by atoms with van der Waals surface area (Å²) in [5.41, 5.74) is 6.33. The Balaban J connectivity index is 1.64. The Hall–Kier alpha value is -3.93. The van der Waals surface area contributed by atoms with Gasteiger partial charge < -0.3 is 14.5 Å². The van der Waals surface area contributed by atoms with Crippen molar-refractivity contribution in [2.75, 3.05) is 12.4 Å². The highest BCUT2D eigenvalue weighted by Gasteiger charge is 2.14. The van der Waals surface area contributed by atoms with Gasteiger partial charge in [0.1, 0.15) is 5.75 Å². The highest BCUT2D eigenvalue weighted by molar-refractivity contribution is 6.05. The molecule has 4 aromatic rings. The predicted molar refractivity (Wildman–Crippen MR) is 120 cm³/mol. The molecule has 6 heteroatoms. The van der Waals surface area contributed by atoms with E-state index in [0.29, 0.717) is 28.8 Å². The number of rotatable bonds is 5. The summed E-state index contributed by atoms with van der Waals surface area (Å²) >= 11 is 0. The SMILES string of the molecule is COc1cccc(NC(=O)c2ccc(C)c(-c3ccc(-c4nnc(C)o4)cc3C)c2)c1. The van der Waals surface area contributed by atoms with Crippen LogP contribution in [0, 0.1) is 20.8 Å². The average molecular weight is 413 g/mol. The number of ether oxygens (including phenoxy) is 1. The van der Waals surface area contributed by atoms with Gasteiger partial charge in [-0.25, -0.2) is 0 Å². The number of hydrogen-bond acceptors (Lipinski definition) is 5. The van der Waals surface area contributed by atoms with Crippen molar-refractivity contribution in [2.45, 2.75) is 20.8 Å². The molecule has 0 spiro atoms. The third kappa shape index (κ3) is 4.33. The van der Waals surface area contributed by atoms with E-state index in [4.69, 9.17) is 9.15 Å². The number of aryl methyl sites for hydroxylation is 3. The number of benzene rings is 3. The van der Waals surface area contributed by atoms with Crippen LogP contribution in [-0.4, -0.2) is 23.2 Å². The van der Waals surface area contributed by atoms with E-state index in [1.165, 1.54) is 0 Å². The van der Waals surface area contributed by atoms with Crippen LogP contribution in [0.2, 0.25) is 0 Å². The van der Waals surface area contributed by atoms with E-state index in [9.17, 15) is 4.79 Å². The molecule has 4 rings (SSSR count). The lowest BCUT2D eigenvalue weighted by molar-refractivity contribution is 0.102. The van der Waals surface area contributed by atoms with E-state index in [1.807, 2.05) is 68.4 Å². The Morgan fingerprint density at radius 1 is 0.903 bits per heavy atom. The van der Waals surface area contributed by atoms with Crippen molar-refractivity contribution in [3.8, 4) is 28.3 Å². The number of nitrogens with one attached hydrogen (secondary N) is 1. The minimum Gasteiger partial charge on any atom is -0.497 e. The fourth-order valence-electron chi connectivity index (χ4n) is 3.47. The number of aromatic nitrogens is 2. The summed E-state index contributed by atoms with van der Waals surface area (Å²) in [6.45, 7) is 5.83. The van der Waals surface area contributed by atoms with Gasteiger partial charge in [-0.2, -0.15) is 0 Å². The lowest BCUT2D eigenvalue weighted by Crippen LogP contribution is -2.12. The molecule has 0 saturated carbocycles. The van der Waals surface area contributed by atoms with Crippen LogP contribution < -0.4 is 10.1 Å². The van der Waals surface area contributed by atoms with Gasteiger partial charge in [0.15, 0.2) is 0 Å². The van der Waals surface area contributed by atoms with Gasteiger partial charge in [0.2, 0.25) is 11.8 Å². The summed E-state index contributed by atoms with van der Waals surface area (Å²) in [5, 5.41) is 10.9. The highest BCUT2D eigenvalue weighted by atomic mass is 16.5. The fraction of sp³-hybridized carbons (Fsp3) is 0.160. The summed E-state index contributed by atoms with van der Waals surface area (Å²) in [5.74, 6) is 1.54. The summed E-state index contributed by atoms with van der Waals surface area (Å²) < 4.78 is 10.8. The number of hydrogen-bond donors (Lipinski definition) is 1. The zero-order valence-corrected chi connectivity index (χ0v) is 17.9. The number of methoxy groups -OCH3 is 1. The van der Waals surface area contributed by atoms with Crippen LogP contribution in [0.1, 0.15) is 27.4 Å². The molecule has 0 bridgehead atoms. The van der Waals surface area contributed by atoms with Gasteiger partial charge in [-0.05, 0) is 72.5 Å². The fourth-order valence-corrected chi connectivity index (χ4v) is 3.47. The first kappa shape index (κ1) is 20.3. The molecule has 3 aromatic carbocycles. The summed E-state index contributed by atoms with van der Waals surface area (Å²) in [4.78, 5) is 12.9. The predicted octanol–water partition coefficient (Wildman–Crippen LogP) is 5.59. The van der Waals surface area contributed by atoms with Gasteiger partial charge in [0.05, 0.1) is 7.11 Å². The van der Waals surface area contributed by atoms with Gasteiger partial charge >= 0.3 is 0 Å². The van der Waals surface area contributed by atoms with E-state index in [2.05, 4.69) is 15.5 Å². The van der Waals surface area contributed by atoms with Gasteiger partial charge in [0, 0.05) is 29.8 Å². The van der Waals surface area contributed by atoms with Gasteiger partial charge in [0.25, 0.3) is 5.91 Å². The maximum Gasteiger partial charge on any atom is 0.255 e. The summed E-state index contributed by atoms with van der Waals surface area (Å²) in [6.07, 6.45) is 0. The van der Waals surface area contributed by atoms with E-state index < -0.39 is 0 Å². The lowest BCUT2D eigenvalue weighted by Gasteiger charge is -2.13. The van der Waals surface area contributed by atoms with Crippen molar-refractivity contribution in [2.24, 2.45) is 0 Å². The molecule has 0 unspecified atom stereocenters. The number of amides is 1. The van der Waals surface area contributed by atoms with Crippen LogP contribution >= 0.6 is 0 Å². The molecule has 156 valence electrons. The third-order valence-corrected chi connectivity index (χ3v) is 5.12. The quantitative estimate of drug-likeness (QED) is 0.461. The molecule has 0 fully saturated rings. The number of carbonyl (C=O) groups is 1. The number of anilines is 1. The van der Waals surface area contributed by atoms with Crippen molar-refractivity contribution in [3.63, 3.8) is 0 Å². The van der Waals surface area contributed by atoms with Gasteiger partial charge in [-0.3, -0.25) is 4.79 Å². The van der Waals surface area contributed by atoms with E-state index in [0.717, 1.165) is 27.8 Å². The monoisotopic (exact) mass is 413 g/mol. The Morgan fingerprint density at radius 2 is 1.74 bits per heavy atom. The molecule has 0 saturated heterocycles. The van der Waals surface area contributed by atoms with Crippen molar-refractivity contribution >= 4 is 11.6 Å². The topological polar surface area (TPSA) is 77.2 Å². The van der Waals surface area contributed by atoms with Crippen LogP contribution in [0.15, 0.2) is 65.1 Å². The Morgan fingerprint density at radius 3 is 2.45 bits per heavy atom. The maximum atomic E-state index is 12.9. The molecule has 1 N–H and O–H groups in total. The lowest BCUT2D eigenvalue weighted by atomic mass is 9.93. The minimum atomic E-state index is -0.176. The average Bonchev–Trinajstić information content (AvgIpc) is 3.20. The molecule has 0 radical (unpaired) electrons. The Labute approximate surface area is 180 Å². The van der Waals surface area contributed by atoms with Crippen LogP contribution in [0.4, 0.5) is 5.69 Å². The maximum absolute atomic E-state index is 12.9. The largest absolute Gasteiger partial charge is 0.497 e. The third-order valence-electron chi connectivity index (χ3n) is 5.12. The first-order chi connectivity index (χ1) is 14.9. The standard InChI is InChI=1S/C25H23N3O3/c1-15-8-9-18(24(29)26-20-6-5-7-21(14-20)30-4)13-23(15)22-11-10-19(12-16(22)2)25-28-27-17(3)31-25/h5-14H,1-4H3,(H,26,29). The van der Waals surface area contributed by atoms with Crippen LogP contribution in [-0.2, 0) is 0 Å².